The molecule has 272 valence electrons. The fourth-order valence-corrected chi connectivity index (χ4v) is 6.92. The van der Waals surface area contributed by atoms with Crippen LogP contribution in [0, 0.1) is 0 Å². The van der Waals surface area contributed by atoms with Crippen molar-refractivity contribution >= 4 is 51.2 Å². The quantitative estimate of drug-likeness (QED) is 0.131. The van der Waals surface area contributed by atoms with E-state index in [-0.39, 0.29) is 17.1 Å². The van der Waals surface area contributed by atoms with Crippen molar-refractivity contribution in [2.24, 2.45) is 0 Å². The Morgan fingerprint density at radius 2 is 0.421 bits per heavy atom. The van der Waals surface area contributed by atoms with Gasteiger partial charge in [0.15, 0.2) is 0 Å². The third-order valence-electron chi connectivity index (χ3n) is 9.63. The molecule has 0 aliphatic carbocycles. The zero-order chi connectivity index (χ0) is 46.9. The van der Waals surface area contributed by atoms with E-state index in [1.165, 1.54) is 0 Å². The Morgan fingerprint density at radius 1 is 0.211 bits per heavy atom. The average Bonchev–Trinajstić information content (AvgIpc) is 3.38. The van der Waals surface area contributed by atoms with Crippen LogP contribution in [0.5, 0.6) is 0 Å². The summed E-state index contributed by atoms with van der Waals surface area (Å²) >= 11 is 0. The first-order valence-corrected chi connectivity index (χ1v) is 18.5. The molecular weight excluding hydrogens is 691 g/mol. The van der Waals surface area contributed by atoms with Crippen molar-refractivity contribution in [3.8, 4) is 22.3 Å². The van der Waals surface area contributed by atoms with Crippen LogP contribution in [0.25, 0.3) is 22.3 Å². The largest absolute Gasteiger partial charge is 0.311 e. The lowest BCUT2D eigenvalue weighted by Crippen LogP contribution is -2.10. The van der Waals surface area contributed by atoms with Gasteiger partial charge in [0.1, 0.15) is 0 Å². The van der Waals surface area contributed by atoms with Gasteiger partial charge in [0.05, 0.1) is 13.7 Å². The van der Waals surface area contributed by atoms with Crippen molar-refractivity contribution < 1.29 is 13.7 Å². The zero-order valence-electron chi connectivity index (χ0n) is 40.7. The van der Waals surface area contributed by atoms with Crippen LogP contribution in [0.15, 0.2) is 248 Å². The molecule has 57 heavy (non-hydrogen) atoms. The lowest BCUT2D eigenvalue weighted by molar-refractivity contribution is 1.28. The van der Waals surface area contributed by atoms with Crippen molar-refractivity contribution in [1.29, 1.82) is 0 Å². The molecule has 0 aliphatic rings. The molecule has 0 aromatic heterocycles. The van der Waals surface area contributed by atoms with E-state index >= 15 is 0 Å². The van der Waals surface area contributed by atoms with Crippen molar-refractivity contribution in [3.63, 3.8) is 0 Å². The number of anilines is 9. The lowest BCUT2D eigenvalue weighted by atomic mass is 10.0. The maximum absolute atomic E-state index is 8.76. The van der Waals surface area contributed by atoms with Crippen molar-refractivity contribution in [2.45, 2.75) is 0 Å². The van der Waals surface area contributed by atoms with Gasteiger partial charge in [-0.1, -0.05) is 139 Å². The fourth-order valence-electron chi connectivity index (χ4n) is 6.92. The van der Waals surface area contributed by atoms with Gasteiger partial charge in [-0.25, -0.2) is 0 Å². The summed E-state index contributed by atoms with van der Waals surface area (Å²) < 4.78 is 84.8. The first-order valence-electron chi connectivity index (χ1n) is 23.5. The first kappa shape index (κ1) is 25.5. The molecule has 0 N–H and O–H groups in total. The van der Waals surface area contributed by atoms with E-state index in [0.717, 1.165) is 61.3 Å². The van der Waals surface area contributed by atoms with Gasteiger partial charge in [-0.3, -0.25) is 0 Å². The molecule has 9 aromatic carbocycles. The van der Waals surface area contributed by atoms with Crippen LogP contribution >= 0.6 is 0 Å². The Labute approximate surface area is 349 Å². The molecule has 0 aliphatic heterocycles. The predicted molar refractivity (Wildman–Crippen MR) is 241 cm³/mol. The summed E-state index contributed by atoms with van der Waals surface area (Å²) in [5.74, 6) is 0. The normalized spacial score (nSPS) is 13.3. The molecule has 0 bridgehead atoms. The number of hydrogen-bond acceptors (Lipinski definition) is 3. The molecule has 9 rings (SSSR count). The maximum Gasteiger partial charge on any atom is 0.0645 e. The smallest absolute Gasteiger partial charge is 0.0645 e. The summed E-state index contributed by atoms with van der Waals surface area (Å²) in [6.07, 6.45) is 0. The van der Waals surface area contributed by atoms with Gasteiger partial charge in [-0.2, -0.15) is 0 Å². The summed E-state index contributed by atoms with van der Waals surface area (Å²) in [6.45, 7) is 0. The molecule has 0 saturated heterocycles. The average molecular weight is 742 g/mol. The second-order valence-corrected chi connectivity index (χ2v) is 13.1. The van der Waals surface area contributed by atoms with Gasteiger partial charge in [-0.15, -0.1) is 0 Å². The highest BCUT2D eigenvalue weighted by atomic mass is 15.2. The molecule has 0 heterocycles. The van der Waals surface area contributed by atoms with Crippen LogP contribution in [0.3, 0.4) is 0 Å². The van der Waals surface area contributed by atoms with Crippen LogP contribution in [-0.2, 0) is 0 Å². The van der Waals surface area contributed by atoms with Crippen molar-refractivity contribution in [2.75, 3.05) is 14.7 Å². The highest BCUT2D eigenvalue weighted by Crippen LogP contribution is 2.39. The SMILES string of the molecule is [2H]c1c([2H])c([2H])c(N(c2ccc(-c3ccc(N(c4ccccc4)c4ccc(-c5ccc(N(c6ccccc6)c6ccccc6)cc5)cc4)cc3)cc2)c2c([2H])c([2H])c([2H])c([2H])c2[2H])c([2H])c1[2H]. The number of para-hydroxylation sites is 5. The van der Waals surface area contributed by atoms with Gasteiger partial charge >= 0.3 is 0 Å². The molecule has 0 amide bonds. The van der Waals surface area contributed by atoms with Gasteiger partial charge in [0.25, 0.3) is 0 Å². The number of benzene rings is 9. The van der Waals surface area contributed by atoms with Gasteiger partial charge in [-0.05, 0) is 131 Å². The van der Waals surface area contributed by atoms with Crippen molar-refractivity contribution in [1.82, 2.24) is 0 Å². The van der Waals surface area contributed by atoms with E-state index in [9.17, 15) is 0 Å². The van der Waals surface area contributed by atoms with Gasteiger partial charge in [0, 0.05) is 51.2 Å². The summed E-state index contributed by atoms with van der Waals surface area (Å²) in [5.41, 5.74) is 9.39. The second kappa shape index (κ2) is 16.4. The van der Waals surface area contributed by atoms with Crippen LogP contribution in [0.1, 0.15) is 13.7 Å². The molecule has 0 atom stereocenters. The molecule has 0 fully saturated rings. The summed E-state index contributed by atoms with van der Waals surface area (Å²) in [5, 5.41) is 0. The molecule has 0 unspecified atom stereocenters. The van der Waals surface area contributed by atoms with Crippen LogP contribution in [-0.4, -0.2) is 0 Å². The Balaban J connectivity index is 1.02. The maximum atomic E-state index is 8.76. The van der Waals surface area contributed by atoms with Crippen LogP contribution in [0.2, 0.25) is 0 Å². The molecule has 3 nitrogen and oxygen atoms in total. The van der Waals surface area contributed by atoms with E-state index in [1.807, 2.05) is 78.9 Å². The number of rotatable bonds is 11. The Hall–Kier alpha value is -7.62. The minimum absolute atomic E-state index is 0.230. The number of nitrogens with zero attached hydrogens (tertiary/aromatic N) is 3. The molecule has 0 radical (unpaired) electrons. The minimum Gasteiger partial charge on any atom is -0.311 e. The molecular formula is C54H41N3. The fraction of sp³-hybridized carbons (Fsp3) is 0. The van der Waals surface area contributed by atoms with E-state index in [2.05, 4.69) is 94.7 Å². The minimum atomic E-state index is -0.619. The Morgan fingerprint density at radius 3 is 0.667 bits per heavy atom. The first-order chi connectivity index (χ1) is 32.4. The lowest BCUT2D eigenvalue weighted by Gasteiger charge is -2.26. The van der Waals surface area contributed by atoms with E-state index < -0.39 is 60.4 Å². The monoisotopic (exact) mass is 741 g/mol. The molecule has 9 aromatic rings. The standard InChI is InChI=1S/C54H41N3/c1-6-16-46(17-7-1)55(47-18-8-2-9-19-47)51-34-26-42(27-35-51)44-30-38-53(39-31-44)57(50-24-14-5-15-25-50)54-40-32-45(33-41-54)43-28-36-52(37-29-43)56(48-20-10-3-11-21-48)49-22-12-4-13-23-49/h1-41H/i1D,2D,6D,7D,8D,9D,16D,17D,18D,19D. The molecule has 0 saturated carbocycles. The van der Waals surface area contributed by atoms with E-state index in [1.54, 1.807) is 24.3 Å². The van der Waals surface area contributed by atoms with Crippen LogP contribution < -0.4 is 14.7 Å². The van der Waals surface area contributed by atoms with Crippen molar-refractivity contribution in [3.05, 3.63) is 248 Å². The zero-order valence-corrected chi connectivity index (χ0v) is 30.7. The number of hydrogen-bond donors (Lipinski definition) is 0. The topological polar surface area (TPSA) is 9.72 Å². The van der Waals surface area contributed by atoms with E-state index in [4.69, 9.17) is 13.7 Å². The molecule has 0 spiro atoms. The second-order valence-electron chi connectivity index (χ2n) is 13.1. The Bertz CT molecular complexity index is 3040. The summed E-state index contributed by atoms with van der Waals surface area (Å²) in [7, 11) is 0. The Kier molecular flexibility index (Phi) is 7.32. The highest BCUT2D eigenvalue weighted by molar-refractivity contribution is 5.82. The molecule has 3 heteroatoms. The summed E-state index contributed by atoms with van der Waals surface area (Å²) in [4.78, 5) is 5.56. The summed E-state index contributed by atoms with van der Waals surface area (Å²) in [6, 6.07) is 56.6. The third-order valence-corrected chi connectivity index (χ3v) is 9.63. The third kappa shape index (κ3) is 7.68. The van der Waals surface area contributed by atoms with Crippen LogP contribution in [0.4, 0.5) is 51.2 Å². The van der Waals surface area contributed by atoms with Gasteiger partial charge < -0.3 is 14.7 Å². The highest BCUT2D eigenvalue weighted by Gasteiger charge is 2.16. The predicted octanol–water partition coefficient (Wildman–Crippen LogP) is 15.4. The van der Waals surface area contributed by atoms with E-state index in [0.29, 0.717) is 0 Å². The van der Waals surface area contributed by atoms with Gasteiger partial charge in [0.2, 0.25) is 0 Å².